The minimum absolute atomic E-state index is 0.0222. The molecule has 2 atom stereocenters. The molecular formula is C27H51NO2. The van der Waals surface area contributed by atoms with Gasteiger partial charge in [-0.2, -0.15) is 0 Å². The first-order valence-electron chi connectivity index (χ1n) is 13.2. The average Bonchev–Trinajstić information content (AvgIpc) is 2.78. The Kier molecular flexibility index (Phi) is 17.1. The number of carbonyl (C=O) groups is 1. The van der Waals surface area contributed by atoms with Crippen LogP contribution in [0.3, 0.4) is 0 Å². The summed E-state index contributed by atoms with van der Waals surface area (Å²) in [5, 5.41) is 9.51. The van der Waals surface area contributed by atoms with Gasteiger partial charge < -0.3 is 10.0 Å². The molecule has 0 saturated carbocycles. The van der Waals surface area contributed by atoms with Crippen LogP contribution >= 0.6 is 0 Å². The zero-order valence-electron chi connectivity index (χ0n) is 20.3. The van der Waals surface area contributed by atoms with Crippen molar-refractivity contribution in [2.45, 2.75) is 122 Å². The Morgan fingerprint density at radius 2 is 1.20 bits per heavy atom. The molecule has 1 rings (SSSR count). The minimum atomic E-state index is -0.0222. The highest BCUT2D eigenvalue weighted by Crippen LogP contribution is 2.26. The maximum Gasteiger partial charge on any atom is 0.226 e. The Morgan fingerprint density at radius 3 is 1.67 bits per heavy atom. The van der Waals surface area contributed by atoms with Gasteiger partial charge in [0.2, 0.25) is 5.91 Å². The summed E-state index contributed by atoms with van der Waals surface area (Å²) in [7, 11) is 1.93. The number of aliphatic hydroxyl groups is 1. The summed E-state index contributed by atoms with van der Waals surface area (Å²) in [6.07, 6.45) is 27.8. The van der Waals surface area contributed by atoms with Crippen LogP contribution in [0, 0.1) is 11.8 Å². The maximum atomic E-state index is 12.6. The number of carbonyl (C=O) groups excluding carboxylic acids is 1. The van der Waals surface area contributed by atoms with E-state index in [1.807, 2.05) is 11.9 Å². The molecule has 0 spiro atoms. The highest BCUT2D eigenvalue weighted by molar-refractivity contribution is 5.79. The van der Waals surface area contributed by atoms with E-state index < -0.39 is 0 Å². The van der Waals surface area contributed by atoms with E-state index in [0.29, 0.717) is 0 Å². The Bertz CT molecular complexity index is 435. The molecule has 0 bridgehead atoms. The van der Waals surface area contributed by atoms with Crippen LogP contribution in [-0.4, -0.2) is 36.1 Å². The zero-order chi connectivity index (χ0) is 21.9. The molecule has 0 radical (unpaired) electrons. The Balaban J connectivity index is 1.88. The molecule has 1 aliphatic rings. The summed E-state index contributed by atoms with van der Waals surface area (Å²) in [5.41, 5.74) is 0. The van der Waals surface area contributed by atoms with Gasteiger partial charge in [-0.1, -0.05) is 115 Å². The highest BCUT2D eigenvalue weighted by atomic mass is 16.3. The second-order valence-corrected chi connectivity index (χ2v) is 9.56. The van der Waals surface area contributed by atoms with Crippen LogP contribution in [0.4, 0.5) is 0 Å². The largest absolute Gasteiger partial charge is 0.396 e. The van der Waals surface area contributed by atoms with Crippen molar-refractivity contribution >= 4 is 5.91 Å². The predicted octanol–water partition coefficient (Wildman–Crippen LogP) is 7.28. The predicted molar refractivity (Wildman–Crippen MR) is 130 cm³/mol. The molecule has 1 N–H and O–H groups in total. The maximum absolute atomic E-state index is 12.6. The van der Waals surface area contributed by atoms with Crippen LogP contribution in [0.25, 0.3) is 0 Å². The monoisotopic (exact) mass is 421 g/mol. The number of nitrogens with zero attached hydrogens (tertiary/aromatic N) is 1. The van der Waals surface area contributed by atoms with Crippen LogP contribution < -0.4 is 0 Å². The number of hydrogen-bond donors (Lipinski definition) is 1. The van der Waals surface area contributed by atoms with Gasteiger partial charge in [0, 0.05) is 26.1 Å². The summed E-state index contributed by atoms with van der Waals surface area (Å²) in [6.45, 7) is 3.26. The summed E-state index contributed by atoms with van der Waals surface area (Å²) < 4.78 is 0. The highest BCUT2D eigenvalue weighted by Gasteiger charge is 2.30. The molecule has 1 amide bonds. The number of hydrogen-bond acceptors (Lipinski definition) is 2. The van der Waals surface area contributed by atoms with Crippen LogP contribution in [-0.2, 0) is 4.79 Å². The van der Waals surface area contributed by atoms with Gasteiger partial charge >= 0.3 is 0 Å². The number of unbranched alkanes of at least 4 members (excludes halogenated alkanes) is 15. The molecule has 0 aromatic carbocycles. The fraction of sp³-hybridized carbons (Fsp3) is 0.889. The van der Waals surface area contributed by atoms with Gasteiger partial charge in [0.05, 0.1) is 0 Å². The number of rotatable bonds is 19. The summed E-state index contributed by atoms with van der Waals surface area (Å²) in [6, 6.07) is 0. The van der Waals surface area contributed by atoms with Crippen molar-refractivity contribution in [3.63, 3.8) is 0 Å². The summed E-state index contributed by atoms with van der Waals surface area (Å²) >= 11 is 0. The van der Waals surface area contributed by atoms with Crippen LogP contribution in [0.1, 0.15) is 122 Å². The van der Waals surface area contributed by atoms with E-state index in [2.05, 4.69) is 19.1 Å². The quantitative estimate of drug-likeness (QED) is 0.176. The smallest absolute Gasteiger partial charge is 0.226 e. The minimum Gasteiger partial charge on any atom is -0.396 e. The van der Waals surface area contributed by atoms with Crippen LogP contribution in [0.2, 0.25) is 0 Å². The van der Waals surface area contributed by atoms with Gasteiger partial charge in [-0.3, -0.25) is 4.79 Å². The number of amides is 1. The molecule has 3 nitrogen and oxygen atoms in total. The third kappa shape index (κ3) is 12.8. The number of aliphatic hydroxyl groups excluding tert-OH is 1. The first-order chi connectivity index (χ1) is 14.7. The van der Waals surface area contributed by atoms with Gasteiger partial charge in [0.15, 0.2) is 0 Å². The molecule has 2 unspecified atom stereocenters. The zero-order valence-corrected chi connectivity index (χ0v) is 20.3. The van der Waals surface area contributed by atoms with Crippen molar-refractivity contribution in [2.24, 2.45) is 11.8 Å². The summed E-state index contributed by atoms with van der Waals surface area (Å²) in [4.78, 5) is 14.5. The lowest BCUT2D eigenvalue weighted by Gasteiger charge is -2.30. The van der Waals surface area contributed by atoms with Gasteiger partial charge in [0.25, 0.3) is 0 Å². The molecule has 0 saturated heterocycles. The van der Waals surface area contributed by atoms with Gasteiger partial charge in [-0.25, -0.2) is 0 Å². The van der Waals surface area contributed by atoms with Crippen molar-refractivity contribution in [1.29, 1.82) is 0 Å². The van der Waals surface area contributed by atoms with E-state index in [1.54, 1.807) is 0 Å². The molecule has 0 fully saturated rings. The van der Waals surface area contributed by atoms with E-state index >= 15 is 0 Å². The molecular weight excluding hydrogens is 370 g/mol. The lowest BCUT2D eigenvalue weighted by molar-refractivity contribution is -0.136. The fourth-order valence-corrected chi connectivity index (χ4v) is 4.67. The molecule has 176 valence electrons. The molecule has 3 heteroatoms. The van der Waals surface area contributed by atoms with Crippen molar-refractivity contribution in [2.75, 3.05) is 20.2 Å². The first kappa shape index (κ1) is 27.2. The third-order valence-electron chi connectivity index (χ3n) is 6.84. The van der Waals surface area contributed by atoms with Crippen molar-refractivity contribution in [3.8, 4) is 0 Å². The second-order valence-electron chi connectivity index (χ2n) is 9.56. The molecule has 0 heterocycles. The van der Waals surface area contributed by atoms with Crippen LogP contribution in [0.5, 0.6) is 0 Å². The Hall–Kier alpha value is -0.830. The van der Waals surface area contributed by atoms with E-state index in [4.69, 9.17) is 0 Å². The SMILES string of the molecule is CCCCCCCCCCCCCCCCCCN(C)C(=O)C1CC=CCC1CO. The second kappa shape index (κ2) is 18.9. The van der Waals surface area contributed by atoms with Gasteiger partial charge in [-0.05, 0) is 25.2 Å². The normalized spacial score (nSPS) is 18.6. The van der Waals surface area contributed by atoms with Crippen molar-refractivity contribution in [3.05, 3.63) is 12.2 Å². The summed E-state index contributed by atoms with van der Waals surface area (Å²) in [5.74, 6) is 0.307. The molecule has 0 aromatic rings. The molecule has 0 aliphatic heterocycles. The van der Waals surface area contributed by atoms with Gasteiger partial charge in [-0.15, -0.1) is 0 Å². The molecule has 1 aliphatic carbocycles. The first-order valence-corrected chi connectivity index (χ1v) is 13.2. The molecule has 0 aromatic heterocycles. The lowest BCUT2D eigenvalue weighted by atomic mass is 9.82. The number of allylic oxidation sites excluding steroid dienone is 2. The van der Waals surface area contributed by atoms with E-state index in [-0.39, 0.29) is 24.3 Å². The third-order valence-corrected chi connectivity index (χ3v) is 6.84. The van der Waals surface area contributed by atoms with E-state index in [9.17, 15) is 9.90 Å². The topological polar surface area (TPSA) is 40.5 Å². The Morgan fingerprint density at radius 1 is 0.767 bits per heavy atom. The lowest BCUT2D eigenvalue weighted by Crippen LogP contribution is -2.38. The van der Waals surface area contributed by atoms with Crippen molar-refractivity contribution < 1.29 is 9.90 Å². The Labute approximate surface area is 187 Å². The molecule has 30 heavy (non-hydrogen) atoms. The van der Waals surface area contributed by atoms with E-state index in [1.165, 1.54) is 96.3 Å². The van der Waals surface area contributed by atoms with E-state index in [0.717, 1.165) is 25.8 Å². The van der Waals surface area contributed by atoms with Crippen molar-refractivity contribution in [1.82, 2.24) is 4.90 Å². The average molecular weight is 422 g/mol. The van der Waals surface area contributed by atoms with Crippen LogP contribution in [0.15, 0.2) is 12.2 Å². The standard InChI is InChI=1S/C27H51NO2/c1-3-4-5-6-7-8-9-10-11-12-13-14-15-16-17-20-23-28(2)27(30)26-22-19-18-21-25(26)24-29/h18-19,25-26,29H,3-17,20-24H2,1-2H3. The van der Waals surface area contributed by atoms with Gasteiger partial charge in [0.1, 0.15) is 0 Å². The fourth-order valence-electron chi connectivity index (χ4n) is 4.67.